The minimum absolute atomic E-state index is 0.0934. The predicted octanol–water partition coefficient (Wildman–Crippen LogP) is 4.10. The number of carboxylic acids is 1. The van der Waals surface area contributed by atoms with E-state index in [0.717, 1.165) is 22.4 Å². The first-order valence-electron chi connectivity index (χ1n) is 9.65. The fourth-order valence-electron chi connectivity index (χ4n) is 2.75. The van der Waals surface area contributed by atoms with Gasteiger partial charge in [-0.05, 0) is 57.5 Å². The van der Waals surface area contributed by atoms with E-state index in [4.69, 9.17) is 14.2 Å². The van der Waals surface area contributed by atoms with Crippen LogP contribution in [0, 0.1) is 6.92 Å². The van der Waals surface area contributed by atoms with Crippen LogP contribution in [0.1, 0.15) is 37.5 Å². The second-order valence-electron chi connectivity index (χ2n) is 7.99. The number of hydrogen-bond acceptors (Lipinski definition) is 5. The normalized spacial score (nSPS) is 12.0. The molecule has 0 aliphatic rings. The Labute approximate surface area is 177 Å². The molecule has 30 heavy (non-hydrogen) atoms. The standard InChI is InChI=1S/C23H29NO6/c1-15-6-9-18(10-7-15)29-14-17-12-16(8-11-20(17)28-5)13-19(21(25)26)24-22(27)30-23(2,3)4/h6-12,19H,13-14H2,1-5H3,(H,24,27)(H,25,26). The molecule has 2 aromatic rings. The van der Waals surface area contributed by atoms with Crippen LogP contribution in [0.5, 0.6) is 11.5 Å². The van der Waals surface area contributed by atoms with Crippen LogP contribution in [-0.4, -0.2) is 35.9 Å². The number of carbonyl (C=O) groups is 2. The molecule has 1 atom stereocenters. The van der Waals surface area contributed by atoms with Crippen molar-refractivity contribution in [2.24, 2.45) is 0 Å². The summed E-state index contributed by atoms with van der Waals surface area (Å²) >= 11 is 0. The van der Waals surface area contributed by atoms with Gasteiger partial charge in [-0.2, -0.15) is 0 Å². The third-order valence-electron chi connectivity index (χ3n) is 4.19. The molecule has 0 heterocycles. The molecule has 0 aliphatic carbocycles. The maximum absolute atomic E-state index is 12.0. The van der Waals surface area contributed by atoms with Gasteiger partial charge in [0.05, 0.1) is 7.11 Å². The number of ether oxygens (including phenoxy) is 3. The third-order valence-corrected chi connectivity index (χ3v) is 4.19. The molecule has 0 saturated carbocycles. The number of carbonyl (C=O) groups excluding carboxylic acids is 1. The van der Waals surface area contributed by atoms with Crippen LogP contribution in [0.4, 0.5) is 4.79 Å². The Kier molecular flexibility index (Phi) is 7.69. The highest BCUT2D eigenvalue weighted by atomic mass is 16.6. The summed E-state index contributed by atoms with van der Waals surface area (Å²) in [7, 11) is 1.56. The number of aliphatic carboxylic acids is 1. The lowest BCUT2D eigenvalue weighted by molar-refractivity contribution is -0.139. The van der Waals surface area contributed by atoms with Gasteiger partial charge in [-0.25, -0.2) is 9.59 Å². The van der Waals surface area contributed by atoms with Crippen molar-refractivity contribution in [3.05, 3.63) is 59.2 Å². The second-order valence-corrected chi connectivity index (χ2v) is 7.99. The van der Waals surface area contributed by atoms with Crippen molar-refractivity contribution in [3.63, 3.8) is 0 Å². The van der Waals surface area contributed by atoms with E-state index in [-0.39, 0.29) is 13.0 Å². The molecular formula is C23H29NO6. The summed E-state index contributed by atoms with van der Waals surface area (Å²) in [6.45, 7) is 7.40. The molecule has 2 aromatic carbocycles. The van der Waals surface area contributed by atoms with Gasteiger partial charge in [-0.1, -0.05) is 23.8 Å². The molecule has 1 amide bonds. The topological polar surface area (TPSA) is 94.1 Å². The number of benzene rings is 2. The van der Waals surface area contributed by atoms with Crippen molar-refractivity contribution in [2.45, 2.75) is 52.4 Å². The van der Waals surface area contributed by atoms with Crippen LogP contribution in [0.3, 0.4) is 0 Å². The monoisotopic (exact) mass is 415 g/mol. The molecule has 7 heteroatoms. The molecule has 0 saturated heterocycles. The first-order valence-corrected chi connectivity index (χ1v) is 9.65. The quantitative estimate of drug-likeness (QED) is 0.674. The molecular weight excluding hydrogens is 386 g/mol. The van der Waals surface area contributed by atoms with Crippen LogP contribution < -0.4 is 14.8 Å². The molecule has 0 aliphatic heterocycles. The van der Waals surface area contributed by atoms with Gasteiger partial charge in [0.15, 0.2) is 0 Å². The summed E-state index contributed by atoms with van der Waals surface area (Å²) in [6.07, 6.45) is -0.679. The molecule has 0 radical (unpaired) electrons. The lowest BCUT2D eigenvalue weighted by Crippen LogP contribution is -2.44. The Morgan fingerprint density at radius 1 is 1.10 bits per heavy atom. The lowest BCUT2D eigenvalue weighted by atomic mass is 10.0. The number of methoxy groups -OCH3 is 1. The van der Waals surface area contributed by atoms with Crippen molar-refractivity contribution in [1.29, 1.82) is 0 Å². The van der Waals surface area contributed by atoms with Crippen molar-refractivity contribution in [3.8, 4) is 11.5 Å². The molecule has 0 spiro atoms. The van der Waals surface area contributed by atoms with Gasteiger partial charge < -0.3 is 24.6 Å². The number of nitrogens with one attached hydrogen (secondary N) is 1. The second kappa shape index (κ2) is 10.0. The summed E-state index contributed by atoms with van der Waals surface area (Å²) in [6, 6.07) is 11.9. The van der Waals surface area contributed by atoms with Crippen LogP contribution >= 0.6 is 0 Å². The molecule has 162 valence electrons. The largest absolute Gasteiger partial charge is 0.496 e. The van der Waals surface area contributed by atoms with Crippen LogP contribution in [0.2, 0.25) is 0 Å². The maximum Gasteiger partial charge on any atom is 0.408 e. The van der Waals surface area contributed by atoms with E-state index in [0.29, 0.717) is 5.75 Å². The third kappa shape index (κ3) is 7.31. The van der Waals surface area contributed by atoms with Gasteiger partial charge in [0.2, 0.25) is 0 Å². The minimum atomic E-state index is -1.14. The average Bonchev–Trinajstić information content (AvgIpc) is 2.65. The van der Waals surface area contributed by atoms with Crippen molar-refractivity contribution < 1.29 is 28.9 Å². The zero-order valence-corrected chi connectivity index (χ0v) is 18.0. The molecule has 2 rings (SSSR count). The van der Waals surface area contributed by atoms with Crippen LogP contribution in [-0.2, 0) is 22.6 Å². The zero-order valence-electron chi connectivity index (χ0n) is 18.0. The van der Waals surface area contributed by atoms with Gasteiger partial charge in [0.1, 0.15) is 29.7 Å². The molecule has 7 nitrogen and oxygen atoms in total. The van der Waals surface area contributed by atoms with Crippen LogP contribution in [0.25, 0.3) is 0 Å². The lowest BCUT2D eigenvalue weighted by Gasteiger charge is -2.22. The van der Waals surface area contributed by atoms with Gasteiger partial charge in [0, 0.05) is 12.0 Å². The van der Waals surface area contributed by atoms with E-state index < -0.39 is 23.7 Å². The van der Waals surface area contributed by atoms with E-state index in [1.807, 2.05) is 37.3 Å². The van der Waals surface area contributed by atoms with Gasteiger partial charge >= 0.3 is 12.1 Å². The summed E-state index contributed by atoms with van der Waals surface area (Å²) in [4.78, 5) is 23.6. The van der Waals surface area contributed by atoms with E-state index >= 15 is 0 Å². The van der Waals surface area contributed by atoms with E-state index in [9.17, 15) is 14.7 Å². The van der Waals surface area contributed by atoms with E-state index in [2.05, 4.69) is 5.32 Å². The number of hydrogen-bond donors (Lipinski definition) is 2. The Morgan fingerprint density at radius 3 is 2.33 bits per heavy atom. The predicted molar refractivity (Wildman–Crippen MR) is 113 cm³/mol. The molecule has 0 aromatic heterocycles. The Hall–Kier alpha value is -3.22. The summed E-state index contributed by atoms with van der Waals surface area (Å²) in [5.41, 5.74) is 1.92. The fraction of sp³-hybridized carbons (Fsp3) is 0.391. The summed E-state index contributed by atoms with van der Waals surface area (Å²) in [5, 5.41) is 11.9. The first-order chi connectivity index (χ1) is 14.1. The van der Waals surface area contributed by atoms with Crippen molar-refractivity contribution in [2.75, 3.05) is 7.11 Å². The van der Waals surface area contributed by atoms with Gasteiger partial charge in [0.25, 0.3) is 0 Å². The number of carboxylic acid groups (broad SMARTS) is 1. The highest BCUT2D eigenvalue weighted by Gasteiger charge is 2.24. The number of amides is 1. The Morgan fingerprint density at radius 2 is 1.77 bits per heavy atom. The Balaban J connectivity index is 2.11. The Bertz CT molecular complexity index is 870. The number of aryl methyl sites for hydroxylation is 1. The average molecular weight is 415 g/mol. The molecule has 0 bridgehead atoms. The SMILES string of the molecule is COc1ccc(CC(NC(=O)OC(C)(C)C)C(=O)O)cc1COc1ccc(C)cc1. The van der Waals surface area contributed by atoms with Gasteiger partial charge in [-0.3, -0.25) is 0 Å². The summed E-state index contributed by atoms with van der Waals surface area (Å²) < 4.78 is 16.4. The fourth-order valence-corrected chi connectivity index (χ4v) is 2.75. The highest BCUT2D eigenvalue weighted by Crippen LogP contribution is 2.23. The molecule has 1 unspecified atom stereocenters. The zero-order chi connectivity index (χ0) is 22.3. The smallest absolute Gasteiger partial charge is 0.408 e. The molecule has 0 fully saturated rings. The summed E-state index contributed by atoms with van der Waals surface area (Å²) in [5.74, 6) is 0.218. The van der Waals surface area contributed by atoms with Crippen LogP contribution in [0.15, 0.2) is 42.5 Å². The van der Waals surface area contributed by atoms with Crippen molar-refractivity contribution in [1.82, 2.24) is 5.32 Å². The maximum atomic E-state index is 12.0. The van der Waals surface area contributed by atoms with E-state index in [1.165, 1.54) is 0 Å². The number of alkyl carbamates (subject to hydrolysis) is 1. The first kappa shape index (κ1) is 23.1. The van der Waals surface area contributed by atoms with Gasteiger partial charge in [-0.15, -0.1) is 0 Å². The van der Waals surface area contributed by atoms with Crippen molar-refractivity contribution >= 4 is 12.1 Å². The minimum Gasteiger partial charge on any atom is -0.496 e. The van der Waals surface area contributed by atoms with E-state index in [1.54, 1.807) is 40.0 Å². The highest BCUT2D eigenvalue weighted by molar-refractivity contribution is 5.80. The molecule has 2 N–H and O–H groups in total. The number of rotatable bonds is 8.